The third-order valence-electron chi connectivity index (χ3n) is 7.12. The fraction of sp³-hybridized carbons (Fsp3) is 1.00. The zero-order chi connectivity index (χ0) is 18.5. The van der Waals surface area contributed by atoms with Crippen LogP contribution in [-0.4, -0.2) is 37.3 Å². The largest absolute Gasteiger partial charge is 0.375 e. The highest BCUT2D eigenvalue weighted by Crippen LogP contribution is 2.41. The summed E-state index contributed by atoms with van der Waals surface area (Å²) in [5.41, 5.74) is 0. The number of alkyl halides is 2. The van der Waals surface area contributed by atoms with Crippen LogP contribution >= 0.6 is 0 Å². The summed E-state index contributed by atoms with van der Waals surface area (Å²) in [6, 6.07) is 0. The highest BCUT2D eigenvalue weighted by molar-refractivity contribution is 4.97. The minimum absolute atomic E-state index is 0.120. The van der Waals surface area contributed by atoms with Crippen LogP contribution in [-0.2, 0) is 9.47 Å². The van der Waals surface area contributed by atoms with Gasteiger partial charge in [0.1, 0.15) is 0 Å². The predicted octanol–water partition coefficient (Wildman–Crippen LogP) is 6.02. The smallest absolute Gasteiger partial charge is 0.160 e. The minimum atomic E-state index is -1.54. The van der Waals surface area contributed by atoms with Crippen LogP contribution in [0.25, 0.3) is 0 Å². The Bertz CT molecular complexity index is 409. The van der Waals surface area contributed by atoms with Crippen molar-refractivity contribution in [2.75, 3.05) is 6.61 Å². The highest BCUT2D eigenvalue weighted by Gasteiger charge is 2.49. The molecule has 0 bridgehead atoms. The van der Waals surface area contributed by atoms with E-state index in [9.17, 15) is 8.78 Å². The van der Waals surface area contributed by atoms with Crippen molar-refractivity contribution < 1.29 is 18.3 Å². The first-order valence-corrected chi connectivity index (χ1v) is 11.2. The van der Waals surface area contributed by atoms with Gasteiger partial charge >= 0.3 is 0 Å². The normalized spacial score (nSPS) is 43.8. The molecule has 0 aromatic carbocycles. The van der Waals surface area contributed by atoms with Gasteiger partial charge in [-0.2, -0.15) is 0 Å². The average Bonchev–Trinajstić information content (AvgIpc) is 2.66. The van der Waals surface area contributed by atoms with Crippen molar-refractivity contribution in [2.24, 2.45) is 17.8 Å². The van der Waals surface area contributed by atoms with Gasteiger partial charge in [0, 0.05) is 6.61 Å². The SMILES string of the molecule is CCCC1CCC(CCC2CCC3CC(OCC)C(F)C(F)C3O2)CC1. The van der Waals surface area contributed by atoms with Crippen molar-refractivity contribution >= 4 is 0 Å². The summed E-state index contributed by atoms with van der Waals surface area (Å²) < 4.78 is 40.4. The van der Waals surface area contributed by atoms with Gasteiger partial charge in [-0.1, -0.05) is 45.4 Å². The molecule has 2 saturated carbocycles. The number of hydrogen-bond donors (Lipinski definition) is 0. The van der Waals surface area contributed by atoms with E-state index < -0.39 is 24.6 Å². The van der Waals surface area contributed by atoms with E-state index in [4.69, 9.17) is 9.47 Å². The van der Waals surface area contributed by atoms with Crippen molar-refractivity contribution in [1.82, 2.24) is 0 Å². The molecule has 2 aliphatic carbocycles. The van der Waals surface area contributed by atoms with Crippen LogP contribution in [0.2, 0.25) is 0 Å². The second-order valence-corrected chi connectivity index (χ2v) is 8.93. The molecule has 6 atom stereocenters. The molecule has 26 heavy (non-hydrogen) atoms. The lowest BCUT2D eigenvalue weighted by Crippen LogP contribution is -2.54. The lowest BCUT2D eigenvalue weighted by Gasteiger charge is -2.45. The van der Waals surface area contributed by atoms with Crippen LogP contribution in [0.5, 0.6) is 0 Å². The van der Waals surface area contributed by atoms with E-state index in [0.717, 1.165) is 31.1 Å². The summed E-state index contributed by atoms with van der Waals surface area (Å²) >= 11 is 0. The monoisotopic (exact) mass is 372 g/mol. The molecule has 0 aromatic heterocycles. The summed E-state index contributed by atoms with van der Waals surface area (Å²) in [6.45, 7) is 4.57. The minimum Gasteiger partial charge on any atom is -0.375 e. The highest BCUT2D eigenvalue weighted by atomic mass is 19.2. The van der Waals surface area contributed by atoms with Crippen molar-refractivity contribution in [2.45, 2.75) is 115 Å². The van der Waals surface area contributed by atoms with Crippen molar-refractivity contribution in [3.8, 4) is 0 Å². The predicted molar refractivity (Wildman–Crippen MR) is 101 cm³/mol. The Morgan fingerprint density at radius 1 is 0.846 bits per heavy atom. The maximum Gasteiger partial charge on any atom is 0.160 e. The van der Waals surface area contributed by atoms with E-state index in [1.807, 2.05) is 6.92 Å². The summed E-state index contributed by atoms with van der Waals surface area (Å²) in [5.74, 6) is 1.87. The lowest BCUT2D eigenvalue weighted by atomic mass is 9.75. The van der Waals surface area contributed by atoms with E-state index in [1.54, 1.807) is 0 Å². The first kappa shape index (κ1) is 20.5. The maximum absolute atomic E-state index is 14.6. The van der Waals surface area contributed by atoms with E-state index in [2.05, 4.69) is 6.92 Å². The Balaban J connectivity index is 1.42. The molecule has 0 amide bonds. The lowest BCUT2D eigenvalue weighted by molar-refractivity contribution is -0.183. The fourth-order valence-corrected chi connectivity index (χ4v) is 5.59. The molecule has 2 nitrogen and oxygen atoms in total. The van der Waals surface area contributed by atoms with E-state index in [0.29, 0.717) is 13.0 Å². The Labute approximate surface area is 158 Å². The zero-order valence-electron chi connectivity index (χ0n) is 16.7. The third kappa shape index (κ3) is 4.98. The van der Waals surface area contributed by atoms with Gasteiger partial charge in [0.15, 0.2) is 12.3 Å². The summed E-state index contributed by atoms with van der Waals surface area (Å²) in [5, 5.41) is 0. The van der Waals surface area contributed by atoms with Gasteiger partial charge in [0.05, 0.1) is 18.3 Å². The van der Waals surface area contributed by atoms with Crippen LogP contribution in [0.15, 0.2) is 0 Å². The Kier molecular flexibility index (Phi) is 7.75. The molecule has 3 fully saturated rings. The molecule has 0 N–H and O–H groups in total. The molecule has 152 valence electrons. The molecular weight excluding hydrogens is 334 g/mol. The van der Waals surface area contributed by atoms with Gasteiger partial charge in [0.2, 0.25) is 0 Å². The molecule has 0 aromatic rings. The topological polar surface area (TPSA) is 18.5 Å². The summed E-state index contributed by atoms with van der Waals surface area (Å²) in [7, 11) is 0. The Morgan fingerprint density at radius 3 is 2.19 bits per heavy atom. The average molecular weight is 373 g/mol. The molecular formula is C22H38F2O2. The number of rotatable bonds is 7. The van der Waals surface area contributed by atoms with Crippen LogP contribution in [0.1, 0.15) is 84.5 Å². The Morgan fingerprint density at radius 2 is 1.54 bits per heavy atom. The van der Waals surface area contributed by atoms with Crippen LogP contribution in [0, 0.1) is 17.8 Å². The maximum atomic E-state index is 14.6. The first-order valence-electron chi connectivity index (χ1n) is 11.2. The molecule has 3 rings (SSSR count). The second kappa shape index (κ2) is 9.82. The third-order valence-corrected chi connectivity index (χ3v) is 7.12. The molecule has 0 spiro atoms. The standard InChI is InChI=1S/C22H38F2O2/c1-3-5-15-6-8-16(9-7-15)10-12-18-13-11-17-14-19(25-4-2)20(23)21(24)22(17)26-18/h15-22H,3-14H2,1-2H3. The van der Waals surface area contributed by atoms with Crippen LogP contribution in [0.4, 0.5) is 8.78 Å². The van der Waals surface area contributed by atoms with Gasteiger partial charge in [0.25, 0.3) is 0 Å². The van der Waals surface area contributed by atoms with E-state index in [-0.39, 0.29) is 12.0 Å². The van der Waals surface area contributed by atoms with Gasteiger partial charge < -0.3 is 9.47 Å². The van der Waals surface area contributed by atoms with Crippen molar-refractivity contribution in [3.63, 3.8) is 0 Å². The molecule has 0 radical (unpaired) electrons. The van der Waals surface area contributed by atoms with Gasteiger partial charge in [-0.15, -0.1) is 0 Å². The molecule has 3 aliphatic rings. The van der Waals surface area contributed by atoms with Crippen molar-refractivity contribution in [1.29, 1.82) is 0 Å². The van der Waals surface area contributed by atoms with E-state index >= 15 is 0 Å². The Hall–Kier alpha value is -0.220. The van der Waals surface area contributed by atoms with Gasteiger partial charge in [-0.05, 0) is 56.8 Å². The molecule has 1 aliphatic heterocycles. The molecule has 1 heterocycles. The van der Waals surface area contributed by atoms with Gasteiger partial charge in [-0.3, -0.25) is 0 Å². The molecule has 1 saturated heterocycles. The van der Waals surface area contributed by atoms with E-state index in [1.165, 1.54) is 44.9 Å². The van der Waals surface area contributed by atoms with Crippen molar-refractivity contribution in [3.05, 3.63) is 0 Å². The number of fused-ring (bicyclic) bond motifs is 1. The number of hydrogen-bond acceptors (Lipinski definition) is 2. The summed E-state index contributed by atoms with van der Waals surface area (Å²) in [4.78, 5) is 0. The number of ether oxygens (including phenoxy) is 2. The quantitative estimate of drug-likeness (QED) is 0.544. The first-order chi connectivity index (χ1) is 12.6. The summed E-state index contributed by atoms with van der Waals surface area (Å²) in [6.07, 6.45) is 8.81. The van der Waals surface area contributed by atoms with Crippen LogP contribution < -0.4 is 0 Å². The van der Waals surface area contributed by atoms with Gasteiger partial charge in [-0.25, -0.2) is 8.78 Å². The van der Waals surface area contributed by atoms with Crippen LogP contribution in [0.3, 0.4) is 0 Å². The zero-order valence-corrected chi connectivity index (χ0v) is 16.7. The second-order valence-electron chi connectivity index (χ2n) is 8.93. The molecule has 4 heteroatoms. The fourth-order valence-electron chi connectivity index (χ4n) is 5.59. The number of halogens is 2. The molecule has 6 unspecified atom stereocenters.